The molecule has 1 atom stereocenters. The van der Waals surface area contributed by atoms with Gasteiger partial charge in [0.1, 0.15) is 6.33 Å². The van der Waals surface area contributed by atoms with Crippen LogP contribution in [0.3, 0.4) is 0 Å². The van der Waals surface area contributed by atoms with E-state index in [1.54, 1.807) is 11.8 Å². The molecule has 1 aromatic carbocycles. The monoisotopic (exact) mass is 289 g/mol. The van der Waals surface area contributed by atoms with Crippen LogP contribution < -0.4 is 11.1 Å². The fraction of sp³-hybridized carbons (Fsp3) is 0.357. The predicted octanol–water partition coefficient (Wildman–Crippen LogP) is 2.61. The zero-order valence-electron chi connectivity index (χ0n) is 11.7. The molecule has 2 rings (SSSR count). The maximum absolute atomic E-state index is 5.52. The Morgan fingerprint density at radius 2 is 2.00 bits per heavy atom. The number of rotatable bonds is 6. The minimum absolute atomic E-state index is 0.238. The highest BCUT2D eigenvalue weighted by Crippen LogP contribution is 2.16. The number of nitrogens with zero attached hydrogens (tertiary/aromatic N) is 3. The zero-order valence-corrected chi connectivity index (χ0v) is 12.5. The van der Waals surface area contributed by atoms with Crippen LogP contribution in [0.15, 0.2) is 35.5 Å². The summed E-state index contributed by atoms with van der Waals surface area (Å²) in [6, 6.07) is 8.95. The van der Waals surface area contributed by atoms with Crippen LogP contribution in [0.25, 0.3) is 0 Å². The number of aryl methyl sites for hydroxylation is 1. The quantitative estimate of drug-likeness (QED) is 0.796. The molecule has 106 valence electrons. The molecule has 0 bridgehead atoms. The molecule has 0 aliphatic rings. The molecule has 20 heavy (non-hydrogen) atoms. The highest BCUT2D eigenvalue weighted by atomic mass is 32.2. The highest BCUT2D eigenvalue weighted by molar-refractivity contribution is 7.98. The normalized spacial score (nSPS) is 12.1. The van der Waals surface area contributed by atoms with Gasteiger partial charge in [-0.3, -0.25) is 0 Å². The number of benzene rings is 1. The van der Waals surface area contributed by atoms with Gasteiger partial charge in [0.25, 0.3) is 0 Å². The van der Waals surface area contributed by atoms with Gasteiger partial charge in [0.2, 0.25) is 11.9 Å². The molecule has 1 aromatic heterocycles. The van der Waals surface area contributed by atoms with Crippen molar-refractivity contribution in [1.82, 2.24) is 15.0 Å². The van der Waals surface area contributed by atoms with E-state index in [2.05, 4.69) is 57.7 Å². The number of aromatic nitrogens is 3. The summed E-state index contributed by atoms with van der Waals surface area (Å²) < 4.78 is 0. The molecule has 1 unspecified atom stereocenters. The minimum Gasteiger partial charge on any atom is -0.368 e. The first-order valence-electron chi connectivity index (χ1n) is 6.51. The lowest BCUT2D eigenvalue weighted by Crippen LogP contribution is -2.18. The Kier molecular flexibility index (Phi) is 5.17. The van der Waals surface area contributed by atoms with Crippen LogP contribution >= 0.6 is 11.8 Å². The molecule has 0 aliphatic carbocycles. The summed E-state index contributed by atoms with van der Waals surface area (Å²) in [5.41, 5.74) is 6.86. The number of nitrogens with one attached hydrogen (secondary N) is 1. The van der Waals surface area contributed by atoms with Gasteiger partial charge in [0.15, 0.2) is 0 Å². The third kappa shape index (κ3) is 4.38. The Labute approximate surface area is 123 Å². The molecule has 0 saturated heterocycles. The van der Waals surface area contributed by atoms with E-state index in [0.29, 0.717) is 5.95 Å². The van der Waals surface area contributed by atoms with E-state index in [0.717, 1.165) is 12.8 Å². The third-order valence-electron chi connectivity index (χ3n) is 2.99. The van der Waals surface area contributed by atoms with Crippen LogP contribution in [-0.2, 0) is 6.42 Å². The lowest BCUT2D eigenvalue weighted by Gasteiger charge is -2.13. The second-order valence-electron chi connectivity index (χ2n) is 4.60. The average Bonchev–Trinajstić information content (AvgIpc) is 2.46. The molecule has 6 heteroatoms. The summed E-state index contributed by atoms with van der Waals surface area (Å²) in [6.45, 7) is 2.11. The van der Waals surface area contributed by atoms with Crippen molar-refractivity contribution in [1.29, 1.82) is 0 Å². The van der Waals surface area contributed by atoms with Gasteiger partial charge in [-0.2, -0.15) is 4.98 Å². The van der Waals surface area contributed by atoms with Crippen LogP contribution in [0.1, 0.15) is 18.9 Å². The summed E-state index contributed by atoms with van der Waals surface area (Å²) in [6.07, 6.45) is 5.52. The van der Waals surface area contributed by atoms with Crippen molar-refractivity contribution < 1.29 is 0 Å². The Bertz CT molecular complexity index is 544. The minimum atomic E-state index is 0.238. The van der Waals surface area contributed by atoms with Crippen molar-refractivity contribution >= 4 is 23.7 Å². The average molecular weight is 289 g/mol. The van der Waals surface area contributed by atoms with Crippen molar-refractivity contribution in [3.8, 4) is 0 Å². The number of hydrogen-bond acceptors (Lipinski definition) is 6. The second-order valence-corrected chi connectivity index (χ2v) is 5.48. The summed E-state index contributed by atoms with van der Waals surface area (Å²) in [7, 11) is 0. The van der Waals surface area contributed by atoms with Crippen molar-refractivity contribution in [2.75, 3.05) is 17.3 Å². The SMILES string of the molecule is CSc1ccc(CCC(C)Nc2ncnc(N)n2)cc1. The van der Waals surface area contributed by atoms with Crippen LogP contribution in [0.2, 0.25) is 0 Å². The van der Waals surface area contributed by atoms with Crippen molar-refractivity contribution in [3.63, 3.8) is 0 Å². The molecule has 2 aromatic rings. The second kappa shape index (κ2) is 7.09. The van der Waals surface area contributed by atoms with Gasteiger partial charge in [0, 0.05) is 10.9 Å². The lowest BCUT2D eigenvalue weighted by atomic mass is 10.1. The molecule has 0 fully saturated rings. The van der Waals surface area contributed by atoms with Gasteiger partial charge in [-0.15, -0.1) is 11.8 Å². The highest BCUT2D eigenvalue weighted by Gasteiger charge is 2.05. The number of nitrogen functional groups attached to an aromatic ring is 1. The molecule has 0 saturated carbocycles. The topological polar surface area (TPSA) is 76.7 Å². The molecule has 1 heterocycles. The van der Waals surface area contributed by atoms with Gasteiger partial charge >= 0.3 is 0 Å². The van der Waals surface area contributed by atoms with Gasteiger partial charge < -0.3 is 11.1 Å². The van der Waals surface area contributed by atoms with Crippen molar-refractivity contribution in [3.05, 3.63) is 36.2 Å². The number of thioether (sulfide) groups is 1. The summed E-state index contributed by atoms with van der Waals surface area (Å²) >= 11 is 1.76. The maximum atomic E-state index is 5.52. The van der Waals surface area contributed by atoms with Gasteiger partial charge in [-0.05, 0) is 43.7 Å². The van der Waals surface area contributed by atoms with E-state index in [4.69, 9.17) is 5.73 Å². The molecular weight excluding hydrogens is 270 g/mol. The van der Waals surface area contributed by atoms with Crippen molar-refractivity contribution in [2.24, 2.45) is 0 Å². The lowest BCUT2D eigenvalue weighted by molar-refractivity contribution is 0.697. The fourth-order valence-corrected chi connectivity index (χ4v) is 2.25. The number of nitrogens with two attached hydrogens (primary N) is 1. The van der Waals surface area contributed by atoms with Crippen molar-refractivity contribution in [2.45, 2.75) is 30.7 Å². The summed E-state index contributed by atoms with van der Waals surface area (Å²) in [5, 5.41) is 3.23. The first-order valence-corrected chi connectivity index (χ1v) is 7.74. The summed E-state index contributed by atoms with van der Waals surface area (Å²) in [5.74, 6) is 0.769. The molecular formula is C14H19N5S. The van der Waals surface area contributed by atoms with E-state index in [-0.39, 0.29) is 12.0 Å². The standard InChI is InChI=1S/C14H19N5S/c1-10(18-14-17-9-16-13(15)19-14)3-4-11-5-7-12(20-2)8-6-11/h5-10H,3-4H2,1-2H3,(H3,15,16,17,18,19). The van der Waals surface area contributed by atoms with E-state index < -0.39 is 0 Å². The Balaban J connectivity index is 1.83. The van der Waals surface area contributed by atoms with Crippen LogP contribution in [0.4, 0.5) is 11.9 Å². The largest absolute Gasteiger partial charge is 0.368 e. The van der Waals surface area contributed by atoms with E-state index in [9.17, 15) is 0 Å². The van der Waals surface area contributed by atoms with Crippen LogP contribution in [0, 0.1) is 0 Å². The first kappa shape index (κ1) is 14.6. The Morgan fingerprint density at radius 3 is 2.65 bits per heavy atom. The van der Waals surface area contributed by atoms with E-state index in [1.807, 2.05) is 0 Å². The van der Waals surface area contributed by atoms with E-state index >= 15 is 0 Å². The van der Waals surface area contributed by atoms with E-state index in [1.165, 1.54) is 16.8 Å². The fourth-order valence-electron chi connectivity index (χ4n) is 1.85. The first-order chi connectivity index (χ1) is 9.67. The molecule has 0 spiro atoms. The number of anilines is 2. The molecule has 5 nitrogen and oxygen atoms in total. The molecule has 0 amide bonds. The van der Waals surface area contributed by atoms with Gasteiger partial charge in [-0.25, -0.2) is 9.97 Å². The van der Waals surface area contributed by atoms with Gasteiger partial charge in [-0.1, -0.05) is 12.1 Å². The van der Waals surface area contributed by atoms with Crippen LogP contribution in [-0.4, -0.2) is 27.2 Å². The maximum Gasteiger partial charge on any atom is 0.227 e. The smallest absolute Gasteiger partial charge is 0.227 e. The molecule has 0 radical (unpaired) electrons. The number of hydrogen-bond donors (Lipinski definition) is 2. The Morgan fingerprint density at radius 1 is 1.25 bits per heavy atom. The predicted molar refractivity (Wildman–Crippen MR) is 83.9 cm³/mol. The third-order valence-corrected chi connectivity index (χ3v) is 3.73. The van der Waals surface area contributed by atoms with Crippen LogP contribution in [0.5, 0.6) is 0 Å². The molecule has 3 N–H and O–H groups in total. The van der Waals surface area contributed by atoms with Gasteiger partial charge in [0.05, 0.1) is 0 Å². The molecule has 0 aliphatic heterocycles. The summed E-state index contributed by atoms with van der Waals surface area (Å²) in [4.78, 5) is 13.1. The zero-order chi connectivity index (χ0) is 14.4. The Hall–Kier alpha value is -1.82.